The lowest BCUT2D eigenvalue weighted by molar-refractivity contribution is -0.174. The number of aliphatic hydroxyl groups excluding tert-OH is 1. The zero-order chi connectivity index (χ0) is 22.1. The summed E-state index contributed by atoms with van der Waals surface area (Å²) >= 11 is 0. The van der Waals surface area contributed by atoms with Gasteiger partial charge in [0.1, 0.15) is 12.2 Å². The molecule has 0 spiro atoms. The summed E-state index contributed by atoms with van der Waals surface area (Å²) < 4.78 is 11.7. The van der Waals surface area contributed by atoms with E-state index in [1.54, 1.807) is 0 Å². The number of carbonyl (C=O) groups excluding carboxylic acids is 2. The number of fused-ring (bicyclic) bond motifs is 1. The highest BCUT2D eigenvalue weighted by Gasteiger charge is 2.47. The Hall–Kier alpha value is -1.10. The first kappa shape index (κ1) is 23.6. The number of carbonyl (C=O) groups is 2. The second kappa shape index (κ2) is 9.58. The van der Waals surface area contributed by atoms with Crippen LogP contribution in [0.15, 0.2) is 0 Å². The Morgan fingerprint density at radius 1 is 1.17 bits per heavy atom. The zero-order valence-corrected chi connectivity index (χ0v) is 19.6. The molecule has 1 aliphatic heterocycles. The van der Waals surface area contributed by atoms with Crippen LogP contribution in [0.1, 0.15) is 92.4 Å². The lowest BCUT2D eigenvalue weighted by Gasteiger charge is -2.50. The summed E-state index contributed by atoms with van der Waals surface area (Å²) in [6.07, 6.45) is 7.02. The summed E-state index contributed by atoms with van der Waals surface area (Å²) in [5, 5.41) is 9.94. The molecule has 1 N–H and O–H groups in total. The summed E-state index contributed by atoms with van der Waals surface area (Å²) in [5.41, 5.74) is -0.446. The standard InChI is InChI=1S/C25H42O5/c1-6-25(4,5)24(28)30-21-12-15(2)11-17-8-7-16(3)20(23(17)21)10-9-19-13-18(26)14-22(27)29-19/h15-21,23,26H,6-14H2,1-5H3/t15-,16-,17?,18+,19+,20-,21-,23?/m0/s1. The summed E-state index contributed by atoms with van der Waals surface area (Å²) in [5.74, 6) is 2.28. The smallest absolute Gasteiger partial charge is 0.311 e. The van der Waals surface area contributed by atoms with Gasteiger partial charge in [-0.15, -0.1) is 0 Å². The summed E-state index contributed by atoms with van der Waals surface area (Å²) in [6, 6.07) is 0. The summed E-state index contributed by atoms with van der Waals surface area (Å²) in [6.45, 7) is 10.6. The van der Waals surface area contributed by atoms with Crippen LogP contribution in [0.3, 0.4) is 0 Å². The van der Waals surface area contributed by atoms with Crippen LogP contribution in [0.2, 0.25) is 0 Å². The lowest BCUT2D eigenvalue weighted by atomic mass is 9.58. The Morgan fingerprint density at radius 3 is 2.57 bits per heavy atom. The first-order chi connectivity index (χ1) is 14.1. The number of hydrogen-bond acceptors (Lipinski definition) is 5. The number of rotatable bonds is 6. The second-order valence-corrected chi connectivity index (χ2v) is 11.1. The molecule has 1 heterocycles. The summed E-state index contributed by atoms with van der Waals surface area (Å²) in [7, 11) is 0. The Balaban J connectivity index is 1.72. The van der Waals surface area contributed by atoms with Gasteiger partial charge >= 0.3 is 11.9 Å². The topological polar surface area (TPSA) is 72.8 Å². The minimum atomic E-state index is -0.576. The van der Waals surface area contributed by atoms with Crippen molar-refractivity contribution in [3.8, 4) is 0 Å². The SMILES string of the molecule is CCC(C)(C)C(=O)O[C@H]1C[C@@H](C)CC2CC[C@H](C)[C@H](CC[C@@H]3C[C@@H](O)CC(=O)O3)C21. The van der Waals surface area contributed by atoms with Gasteiger partial charge in [0, 0.05) is 12.3 Å². The van der Waals surface area contributed by atoms with Crippen molar-refractivity contribution in [2.75, 3.05) is 0 Å². The highest BCUT2D eigenvalue weighted by atomic mass is 16.6. The maximum absolute atomic E-state index is 12.9. The van der Waals surface area contributed by atoms with Crippen LogP contribution < -0.4 is 0 Å². The van der Waals surface area contributed by atoms with Gasteiger partial charge in [0.25, 0.3) is 0 Å². The van der Waals surface area contributed by atoms with Gasteiger partial charge < -0.3 is 14.6 Å². The molecule has 0 radical (unpaired) electrons. The van der Waals surface area contributed by atoms with Gasteiger partial charge in [0.05, 0.1) is 17.9 Å². The predicted molar refractivity (Wildman–Crippen MR) is 116 cm³/mol. The fraction of sp³-hybridized carbons (Fsp3) is 0.920. The third-order valence-electron chi connectivity index (χ3n) is 8.28. The zero-order valence-electron chi connectivity index (χ0n) is 19.6. The maximum Gasteiger partial charge on any atom is 0.311 e. The van der Waals surface area contributed by atoms with Gasteiger partial charge in [0.2, 0.25) is 0 Å². The molecule has 2 saturated carbocycles. The largest absolute Gasteiger partial charge is 0.462 e. The molecule has 3 fully saturated rings. The van der Waals surface area contributed by atoms with Crippen molar-refractivity contribution in [2.45, 2.75) is 111 Å². The molecule has 30 heavy (non-hydrogen) atoms. The number of aliphatic hydroxyl groups is 1. The Bertz CT molecular complexity index is 615. The van der Waals surface area contributed by atoms with Gasteiger partial charge in [-0.3, -0.25) is 9.59 Å². The van der Waals surface area contributed by atoms with Gasteiger partial charge in [-0.25, -0.2) is 0 Å². The highest BCUT2D eigenvalue weighted by Crippen LogP contribution is 2.51. The molecule has 0 aromatic heterocycles. The molecule has 0 aromatic rings. The molecule has 3 aliphatic rings. The molecule has 2 unspecified atom stereocenters. The average Bonchev–Trinajstić information content (AvgIpc) is 2.66. The van der Waals surface area contributed by atoms with Crippen molar-refractivity contribution in [1.29, 1.82) is 0 Å². The number of hydrogen-bond donors (Lipinski definition) is 1. The van der Waals surface area contributed by atoms with E-state index in [0.29, 0.717) is 36.0 Å². The quantitative estimate of drug-likeness (QED) is 0.617. The normalized spacial score (nSPS) is 39.7. The third-order valence-corrected chi connectivity index (χ3v) is 8.28. The van der Waals surface area contributed by atoms with Gasteiger partial charge in [-0.2, -0.15) is 0 Å². The molecule has 172 valence electrons. The van der Waals surface area contributed by atoms with E-state index in [4.69, 9.17) is 9.47 Å². The number of esters is 2. The van der Waals surface area contributed by atoms with Crippen LogP contribution in [0, 0.1) is 35.0 Å². The molecule has 0 amide bonds. The minimum Gasteiger partial charge on any atom is -0.462 e. The molecule has 0 aromatic carbocycles. The van der Waals surface area contributed by atoms with E-state index in [1.807, 2.05) is 20.8 Å². The summed E-state index contributed by atoms with van der Waals surface area (Å²) in [4.78, 5) is 24.6. The van der Waals surface area contributed by atoms with E-state index in [0.717, 1.165) is 25.7 Å². The second-order valence-electron chi connectivity index (χ2n) is 11.1. The minimum absolute atomic E-state index is 0.00989. The third kappa shape index (κ3) is 5.38. The van der Waals surface area contributed by atoms with E-state index in [1.165, 1.54) is 19.3 Å². The molecular formula is C25H42O5. The van der Waals surface area contributed by atoms with Gasteiger partial charge in [0.15, 0.2) is 0 Å². The fourth-order valence-corrected chi connectivity index (χ4v) is 6.09. The van der Waals surface area contributed by atoms with Crippen molar-refractivity contribution in [3.05, 3.63) is 0 Å². The molecule has 2 aliphatic carbocycles. The Labute approximate surface area is 182 Å². The van der Waals surface area contributed by atoms with Crippen LogP contribution in [0.5, 0.6) is 0 Å². The van der Waals surface area contributed by atoms with Crippen LogP contribution in [0.25, 0.3) is 0 Å². The van der Waals surface area contributed by atoms with Crippen LogP contribution in [-0.4, -0.2) is 35.4 Å². The Morgan fingerprint density at radius 2 is 1.90 bits per heavy atom. The first-order valence-electron chi connectivity index (χ1n) is 12.2. The van der Waals surface area contributed by atoms with Crippen molar-refractivity contribution in [3.63, 3.8) is 0 Å². The monoisotopic (exact) mass is 422 g/mol. The molecule has 3 rings (SSSR count). The van der Waals surface area contributed by atoms with E-state index in [9.17, 15) is 14.7 Å². The fourth-order valence-electron chi connectivity index (χ4n) is 6.09. The van der Waals surface area contributed by atoms with Gasteiger partial charge in [-0.1, -0.05) is 27.2 Å². The molecule has 8 atom stereocenters. The average molecular weight is 423 g/mol. The van der Waals surface area contributed by atoms with Crippen LogP contribution in [-0.2, 0) is 19.1 Å². The van der Waals surface area contributed by atoms with Crippen molar-refractivity contribution >= 4 is 11.9 Å². The van der Waals surface area contributed by atoms with Crippen molar-refractivity contribution in [1.82, 2.24) is 0 Å². The van der Waals surface area contributed by atoms with Crippen LogP contribution in [0.4, 0.5) is 0 Å². The van der Waals surface area contributed by atoms with E-state index in [-0.39, 0.29) is 30.6 Å². The van der Waals surface area contributed by atoms with E-state index < -0.39 is 11.5 Å². The molecule has 0 bridgehead atoms. The van der Waals surface area contributed by atoms with Crippen molar-refractivity contribution < 1.29 is 24.2 Å². The van der Waals surface area contributed by atoms with E-state index >= 15 is 0 Å². The van der Waals surface area contributed by atoms with E-state index in [2.05, 4.69) is 13.8 Å². The molecule has 1 saturated heterocycles. The highest BCUT2D eigenvalue weighted by molar-refractivity contribution is 5.76. The first-order valence-corrected chi connectivity index (χ1v) is 12.2. The van der Waals surface area contributed by atoms with Crippen molar-refractivity contribution in [2.24, 2.45) is 35.0 Å². The van der Waals surface area contributed by atoms with Gasteiger partial charge in [-0.05, 0) is 76.0 Å². The maximum atomic E-state index is 12.9. The number of ether oxygens (including phenoxy) is 2. The Kier molecular flexibility index (Phi) is 7.53. The predicted octanol–water partition coefficient (Wildman–Crippen LogP) is 4.89. The van der Waals surface area contributed by atoms with Crippen LogP contribution >= 0.6 is 0 Å². The molecular weight excluding hydrogens is 380 g/mol. The molecule has 5 nitrogen and oxygen atoms in total. The molecule has 5 heteroatoms. The lowest BCUT2D eigenvalue weighted by Crippen LogP contribution is -2.48. The number of cyclic esters (lactones) is 1.